The van der Waals surface area contributed by atoms with E-state index in [1.807, 2.05) is 32.6 Å². The minimum atomic E-state index is 0.00845. The maximum Gasteiger partial charge on any atom is 0.0568 e. The second-order valence-electron chi connectivity index (χ2n) is 3.70. The molecule has 4 heteroatoms. The van der Waals surface area contributed by atoms with Crippen molar-refractivity contribution in [1.82, 2.24) is 14.8 Å². The molecule has 0 spiro atoms. The minimum Gasteiger partial charge on any atom is -0.324 e. The van der Waals surface area contributed by atoms with Crippen molar-refractivity contribution in [2.75, 3.05) is 0 Å². The summed E-state index contributed by atoms with van der Waals surface area (Å²) >= 11 is 0. The molecule has 0 bridgehead atoms. The van der Waals surface area contributed by atoms with Crippen molar-refractivity contribution in [3.05, 3.63) is 36.4 Å². The van der Waals surface area contributed by atoms with Crippen LogP contribution in [0.25, 0.3) is 11.1 Å². The van der Waals surface area contributed by atoms with E-state index in [0.29, 0.717) is 0 Å². The largest absolute Gasteiger partial charge is 0.324 e. The standard InChI is InChI=1S/C11H14N4/c1-8(12)9-3-10(5-13-4-9)11-6-14-15(2)7-11/h3-8H,12H2,1-2H3. The lowest BCUT2D eigenvalue weighted by Gasteiger charge is -2.05. The first-order valence-corrected chi connectivity index (χ1v) is 4.86. The molecule has 2 rings (SSSR count). The lowest BCUT2D eigenvalue weighted by atomic mass is 10.1. The quantitative estimate of drug-likeness (QED) is 0.803. The van der Waals surface area contributed by atoms with Gasteiger partial charge in [0.1, 0.15) is 0 Å². The molecule has 0 fully saturated rings. The summed E-state index contributed by atoms with van der Waals surface area (Å²) in [7, 11) is 1.90. The Bertz CT molecular complexity index is 459. The third-order valence-corrected chi connectivity index (χ3v) is 2.32. The van der Waals surface area contributed by atoms with E-state index in [1.54, 1.807) is 10.9 Å². The highest BCUT2D eigenvalue weighted by molar-refractivity contribution is 5.61. The number of hydrogen-bond donors (Lipinski definition) is 1. The van der Waals surface area contributed by atoms with E-state index >= 15 is 0 Å². The van der Waals surface area contributed by atoms with Gasteiger partial charge in [-0.1, -0.05) is 0 Å². The number of nitrogens with zero attached hydrogens (tertiary/aromatic N) is 3. The molecule has 0 saturated heterocycles. The van der Waals surface area contributed by atoms with Gasteiger partial charge >= 0.3 is 0 Å². The second kappa shape index (κ2) is 3.82. The Hall–Kier alpha value is -1.68. The molecule has 0 saturated carbocycles. The normalized spacial score (nSPS) is 12.7. The van der Waals surface area contributed by atoms with Crippen molar-refractivity contribution in [3.8, 4) is 11.1 Å². The summed E-state index contributed by atoms with van der Waals surface area (Å²) in [5.74, 6) is 0. The summed E-state index contributed by atoms with van der Waals surface area (Å²) in [4.78, 5) is 4.17. The van der Waals surface area contributed by atoms with E-state index in [2.05, 4.69) is 16.1 Å². The number of rotatable bonds is 2. The molecule has 0 aliphatic rings. The molecule has 1 atom stereocenters. The molecule has 0 aromatic carbocycles. The zero-order valence-electron chi connectivity index (χ0n) is 8.88. The topological polar surface area (TPSA) is 56.7 Å². The van der Waals surface area contributed by atoms with Gasteiger partial charge in [0.05, 0.1) is 6.20 Å². The van der Waals surface area contributed by atoms with Gasteiger partial charge in [-0.25, -0.2) is 0 Å². The van der Waals surface area contributed by atoms with Gasteiger partial charge in [0.15, 0.2) is 0 Å². The minimum absolute atomic E-state index is 0.00845. The molecule has 15 heavy (non-hydrogen) atoms. The van der Waals surface area contributed by atoms with Crippen molar-refractivity contribution in [2.45, 2.75) is 13.0 Å². The van der Waals surface area contributed by atoms with Crippen LogP contribution in [0.1, 0.15) is 18.5 Å². The first-order chi connectivity index (χ1) is 7.16. The van der Waals surface area contributed by atoms with Crippen LogP contribution in [0.15, 0.2) is 30.9 Å². The molecule has 4 nitrogen and oxygen atoms in total. The van der Waals surface area contributed by atoms with Crippen LogP contribution in [-0.2, 0) is 7.05 Å². The number of pyridine rings is 1. The van der Waals surface area contributed by atoms with Gasteiger partial charge in [-0.2, -0.15) is 5.10 Å². The maximum atomic E-state index is 5.81. The predicted molar refractivity (Wildman–Crippen MR) is 59.0 cm³/mol. The van der Waals surface area contributed by atoms with Crippen LogP contribution < -0.4 is 5.73 Å². The molecule has 2 heterocycles. The van der Waals surface area contributed by atoms with Gasteiger partial charge < -0.3 is 5.73 Å². The van der Waals surface area contributed by atoms with Crippen LogP contribution in [0, 0.1) is 0 Å². The van der Waals surface area contributed by atoms with Gasteiger partial charge in [-0.15, -0.1) is 0 Å². The Morgan fingerprint density at radius 3 is 2.67 bits per heavy atom. The zero-order chi connectivity index (χ0) is 10.8. The van der Waals surface area contributed by atoms with E-state index in [1.165, 1.54) is 0 Å². The summed E-state index contributed by atoms with van der Waals surface area (Å²) in [6.07, 6.45) is 7.40. The summed E-state index contributed by atoms with van der Waals surface area (Å²) in [6.45, 7) is 1.95. The summed E-state index contributed by atoms with van der Waals surface area (Å²) in [6, 6.07) is 2.06. The number of aromatic nitrogens is 3. The Balaban J connectivity index is 2.41. The van der Waals surface area contributed by atoms with Gasteiger partial charge in [0, 0.05) is 42.8 Å². The van der Waals surface area contributed by atoms with Crippen molar-refractivity contribution in [2.24, 2.45) is 12.8 Å². The van der Waals surface area contributed by atoms with E-state index < -0.39 is 0 Å². The first kappa shape index (κ1) is 9.86. The fourth-order valence-electron chi connectivity index (χ4n) is 1.43. The molecule has 2 aromatic rings. The Kier molecular flexibility index (Phi) is 2.51. The van der Waals surface area contributed by atoms with Crippen LogP contribution in [0.3, 0.4) is 0 Å². The number of aryl methyl sites for hydroxylation is 1. The lowest BCUT2D eigenvalue weighted by Crippen LogP contribution is -2.05. The Morgan fingerprint density at radius 1 is 1.27 bits per heavy atom. The highest BCUT2D eigenvalue weighted by Crippen LogP contribution is 2.20. The van der Waals surface area contributed by atoms with E-state index in [-0.39, 0.29) is 6.04 Å². The number of hydrogen-bond acceptors (Lipinski definition) is 3. The van der Waals surface area contributed by atoms with Crippen LogP contribution in [-0.4, -0.2) is 14.8 Å². The molecule has 0 aliphatic carbocycles. The lowest BCUT2D eigenvalue weighted by molar-refractivity contribution is 0.768. The Labute approximate surface area is 88.8 Å². The molecule has 2 N–H and O–H groups in total. The molecular weight excluding hydrogens is 188 g/mol. The van der Waals surface area contributed by atoms with E-state index in [0.717, 1.165) is 16.7 Å². The summed E-state index contributed by atoms with van der Waals surface area (Å²) in [5.41, 5.74) is 8.96. The number of nitrogens with two attached hydrogens (primary N) is 1. The fourth-order valence-corrected chi connectivity index (χ4v) is 1.43. The van der Waals surface area contributed by atoms with Crippen LogP contribution in [0.5, 0.6) is 0 Å². The van der Waals surface area contributed by atoms with E-state index in [9.17, 15) is 0 Å². The van der Waals surface area contributed by atoms with Crippen LogP contribution in [0.2, 0.25) is 0 Å². The van der Waals surface area contributed by atoms with Crippen molar-refractivity contribution in [1.29, 1.82) is 0 Å². The van der Waals surface area contributed by atoms with Gasteiger partial charge in [0.2, 0.25) is 0 Å². The summed E-state index contributed by atoms with van der Waals surface area (Å²) < 4.78 is 1.77. The van der Waals surface area contributed by atoms with E-state index in [4.69, 9.17) is 5.73 Å². The van der Waals surface area contributed by atoms with Gasteiger partial charge in [-0.3, -0.25) is 9.67 Å². The molecular formula is C11H14N4. The van der Waals surface area contributed by atoms with Crippen molar-refractivity contribution in [3.63, 3.8) is 0 Å². The molecule has 2 aromatic heterocycles. The monoisotopic (exact) mass is 202 g/mol. The average molecular weight is 202 g/mol. The second-order valence-corrected chi connectivity index (χ2v) is 3.70. The average Bonchev–Trinajstić information content (AvgIpc) is 2.65. The fraction of sp³-hybridized carbons (Fsp3) is 0.273. The predicted octanol–water partition coefficient (Wildman–Crippen LogP) is 1.50. The third kappa shape index (κ3) is 2.05. The summed E-state index contributed by atoms with van der Waals surface area (Å²) in [5, 5.41) is 4.13. The van der Waals surface area contributed by atoms with Gasteiger partial charge in [0.25, 0.3) is 0 Å². The molecule has 78 valence electrons. The first-order valence-electron chi connectivity index (χ1n) is 4.86. The maximum absolute atomic E-state index is 5.81. The highest BCUT2D eigenvalue weighted by atomic mass is 15.2. The molecule has 0 aliphatic heterocycles. The van der Waals surface area contributed by atoms with Gasteiger partial charge in [-0.05, 0) is 18.6 Å². The van der Waals surface area contributed by atoms with Crippen molar-refractivity contribution < 1.29 is 0 Å². The zero-order valence-corrected chi connectivity index (χ0v) is 8.88. The van der Waals surface area contributed by atoms with Crippen molar-refractivity contribution >= 4 is 0 Å². The Morgan fingerprint density at radius 2 is 2.07 bits per heavy atom. The van der Waals surface area contributed by atoms with Crippen LogP contribution in [0.4, 0.5) is 0 Å². The van der Waals surface area contributed by atoms with Crippen LogP contribution >= 0.6 is 0 Å². The molecule has 0 radical (unpaired) electrons. The molecule has 1 unspecified atom stereocenters. The smallest absolute Gasteiger partial charge is 0.0568 e. The molecule has 0 amide bonds. The highest BCUT2D eigenvalue weighted by Gasteiger charge is 2.04. The third-order valence-electron chi connectivity index (χ3n) is 2.32. The SMILES string of the molecule is CC(N)c1cncc(-c2cnn(C)c2)c1.